The fourth-order valence-corrected chi connectivity index (χ4v) is 4.26. The van der Waals surface area contributed by atoms with Crippen molar-refractivity contribution in [3.8, 4) is 0 Å². The SMILES string of the molecule is C=CCC(NC)C(=O)OCCOCCOC(=O)C(CC=C)NC(=O)CC(=O)NC(CC[NH+]=C(N)N)C(=O)OCOC(=O)C(CC[NH+]=C(N)N)NC(=O)CC(C)=O. The zero-order valence-electron chi connectivity index (χ0n) is 31.7. The smallest absolute Gasteiger partial charge is 0.338 e. The van der Waals surface area contributed by atoms with Crippen molar-refractivity contribution in [2.75, 3.05) is 53.4 Å². The summed E-state index contributed by atoms with van der Waals surface area (Å²) in [6.07, 6.45) is 1.70. The van der Waals surface area contributed by atoms with Gasteiger partial charge in [0.05, 0.1) is 32.7 Å². The first-order valence-corrected chi connectivity index (χ1v) is 17.3. The van der Waals surface area contributed by atoms with Crippen LogP contribution in [0.3, 0.4) is 0 Å². The van der Waals surface area contributed by atoms with Gasteiger partial charge in [-0.1, -0.05) is 12.2 Å². The predicted molar refractivity (Wildman–Crippen MR) is 196 cm³/mol. The number of rotatable bonds is 30. The normalized spacial score (nSPS) is 12.5. The fraction of sp³-hybridized carbons (Fsp3) is 0.576. The van der Waals surface area contributed by atoms with Crippen molar-refractivity contribution in [3.63, 3.8) is 0 Å². The molecule has 0 aromatic rings. The van der Waals surface area contributed by atoms with E-state index in [-0.39, 0.29) is 70.7 Å². The summed E-state index contributed by atoms with van der Waals surface area (Å²) < 4.78 is 25.5. The molecule has 0 aromatic heterocycles. The Balaban J connectivity index is 5.16. The van der Waals surface area contributed by atoms with Crippen LogP contribution in [0.4, 0.5) is 0 Å². The number of esters is 4. The molecule has 23 heteroatoms. The largest absolute Gasteiger partial charge is 0.462 e. The number of nitrogens with one attached hydrogen (secondary N) is 6. The molecule has 0 rings (SSSR count). The molecule has 0 fully saturated rings. The molecule has 14 N–H and O–H groups in total. The first kappa shape index (κ1) is 49.9. The number of likely N-dealkylation sites (N-methyl/N-ethyl adjacent to an activating group) is 1. The van der Waals surface area contributed by atoms with E-state index in [4.69, 9.17) is 46.6 Å². The quantitative estimate of drug-likeness (QED) is 0.00471. The summed E-state index contributed by atoms with van der Waals surface area (Å²) in [5.41, 5.74) is 21.5. The van der Waals surface area contributed by atoms with Crippen molar-refractivity contribution in [2.45, 2.75) is 69.6 Å². The van der Waals surface area contributed by atoms with Crippen LogP contribution in [0, 0.1) is 0 Å². The van der Waals surface area contributed by atoms with Crippen LogP contribution in [0.2, 0.25) is 0 Å². The Kier molecular flexibility index (Phi) is 26.1. The molecule has 0 heterocycles. The molecule has 3 amide bonds. The summed E-state index contributed by atoms with van der Waals surface area (Å²) in [4.78, 5) is 104. The topological polar surface area (TPSA) is 363 Å². The van der Waals surface area contributed by atoms with Crippen LogP contribution < -0.4 is 54.2 Å². The van der Waals surface area contributed by atoms with Gasteiger partial charge in [0.1, 0.15) is 49.6 Å². The Labute approximate surface area is 323 Å². The molecule has 0 aliphatic carbocycles. The van der Waals surface area contributed by atoms with Gasteiger partial charge >= 0.3 is 35.8 Å². The number of guanidine groups is 2. The van der Waals surface area contributed by atoms with Crippen LogP contribution in [-0.2, 0) is 62.0 Å². The van der Waals surface area contributed by atoms with Crippen LogP contribution in [0.15, 0.2) is 25.3 Å². The second kappa shape index (κ2) is 29.3. The average molecular weight is 801 g/mol. The molecule has 0 spiro atoms. The maximum Gasteiger partial charge on any atom is 0.338 e. The Hall–Kier alpha value is -6.10. The van der Waals surface area contributed by atoms with Gasteiger partial charge in [0.15, 0.2) is 0 Å². The molecule has 314 valence electrons. The first-order chi connectivity index (χ1) is 26.5. The number of carbonyl (C=O) groups is 8. The van der Waals surface area contributed by atoms with E-state index in [9.17, 15) is 38.4 Å². The zero-order chi connectivity index (χ0) is 42.5. The van der Waals surface area contributed by atoms with Gasteiger partial charge < -0.3 is 45.0 Å². The highest BCUT2D eigenvalue weighted by Gasteiger charge is 2.28. The second-order valence-electron chi connectivity index (χ2n) is 11.6. The molecule has 0 radical (unpaired) electrons. The lowest BCUT2D eigenvalue weighted by molar-refractivity contribution is -0.460. The Morgan fingerprint density at radius 3 is 1.39 bits per heavy atom. The summed E-state index contributed by atoms with van der Waals surface area (Å²) in [5.74, 6) is -6.83. The minimum atomic E-state index is -1.41. The highest BCUT2D eigenvalue weighted by Crippen LogP contribution is 2.02. The minimum absolute atomic E-state index is 0.0270. The van der Waals surface area contributed by atoms with Crippen molar-refractivity contribution >= 4 is 59.3 Å². The van der Waals surface area contributed by atoms with Crippen LogP contribution in [0.5, 0.6) is 0 Å². The van der Waals surface area contributed by atoms with E-state index in [1.807, 2.05) is 0 Å². The van der Waals surface area contributed by atoms with Gasteiger partial charge in [0, 0.05) is 12.8 Å². The number of amides is 3. The molecule has 0 saturated heterocycles. The van der Waals surface area contributed by atoms with E-state index in [2.05, 4.69) is 44.4 Å². The number of hydrogen-bond acceptors (Lipinski definition) is 14. The van der Waals surface area contributed by atoms with Crippen molar-refractivity contribution in [1.82, 2.24) is 21.3 Å². The van der Waals surface area contributed by atoms with Crippen LogP contribution in [0.25, 0.3) is 0 Å². The average Bonchev–Trinajstić information content (AvgIpc) is 3.11. The first-order valence-electron chi connectivity index (χ1n) is 17.3. The van der Waals surface area contributed by atoms with E-state index in [1.165, 1.54) is 13.0 Å². The zero-order valence-corrected chi connectivity index (χ0v) is 31.7. The third-order valence-electron chi connectivity index (χ3n) is 6.90. The third-order valence-corrected chi connectivity index (χ3v) is 6.90. The van der Waals surface area contributed by atoms with E-state index in [1.54, 1.807) is 13.1 Å². The molecule has 0 aliphatic heterocycles. The Morgan fingerprint density at radius 1 is 0.589 bits per heavy atom. The molecule has 0 aromatic carbocycles. The summed E-state index contributed by atoms with van der Waals surface area (Å²) in [6.45, 7) is 7.11. The van der Waals surface area contributed by atoms with Crippen molar-refractivity contribution < 1.29 is 72.0 Å². The number of Topliss-reactive ketones (excluding diaryl/α,β-unsaturated/α-hetero) is 1. The van der Waals surface area contributed by atoms with Crippen molar-refractivity contribution in [1.29, 1.82) is 0 Å². The Morgan fingerprint density at radius 2 is 0.982 bits per heavy atom. The monoisotopic (exact) mass is 800 g/mol. The number of hydrogen-bond donors (Lipinski definition) is 10. The number of ether oxygens (including phenoxy) is 5. The summed E-state index contributed by atoms with van der Waals surface area (Å²) >= 11 is 0. The summed E-state index contributed by atoms with van der Waals surface area (Å²) in [5, 5.41) is 9.82. The van der Waals surface area contributed by atoms with E-state index >= 15 is 0 Å². The van der Waals surface area contributed by atoms with Gasteiger partial charge in [-0.05, 0) is 26.8 Å². The predicted octanol–water partition coefficient (Wildman–Crippen LogP) is -7.81. The molecule has 0 aliphatic rings. The van der Waals surface area contributed by atoms with Crippen molar-refractivity contribution in [2.24, 2.45) is 22.9 Å². The third kappa shape index (κ3) is 24.3. The molecule has 4 unspecified atom stereocenters. The van der Waals surface area contributed by atoms with Gasteiger partial charge in [-0.25, -0.2) is 14.4 Å². The summed E-state index contributed by atoms with van der Waals surface area (Å²) in [6, 6.07) is -4.44. The number of nitrogens with two attached hydrogens (primary N) is 4. The van der Waals surface area contributed by atoms with Crippen LogP contribution >= 0.6 is 0 Å². The minimum Gasteiger partial charge on any atom is -0.462 e. The molecule has 0 bridgehead atoms. The Bertz CT molecular complexity index is 1420. The van der Waals surface area contributed by atoms with Crippen LogP contribution in [0.1, 0.15) is 45.4 Å². The standard InChI is InChI=1S/C33H54N10O13/c1-5-7-21(38-4)28(48)53-15-13-52-14-16-54-29(49)22(8-6-2)41-26(46)18-27(47)43-24(10-12-40-33(36)37)31(51)56-19-55-30(50)23(9-11-39-32(34)35)42-25(45)17-20(3)44/h5-6,21-24,38H,1-2,7-19H2,3-4H3,(H,41,46)(H,42,45)(H,43,47)(H4,34,35,39)(H4,36,37,40)/p+2. The fourth-order valence-electron chi connectivity index (χ4n) is 4.26. The lowest BCUT2D eigenvalue weighted by Crippen LogP contribution is -2.78. The van der Waals surface area contributed by atoms with Gasteiger partial charge in [-0.3, -0.25) is 56.9 Å². The highest BCUT2D eigenvalue weighted by molar-refractivity contribution is 6.00. The molecular formula is C33H56N10O13+2. The van der Waals surface area contributed by atoms with E-state index in [0.29, 0.717) is 6.42 Å². The van der Waals surface area contributed by atoms with Gasteiger partial charge in [-0.2, -0.15) is 0 Å². The molecule has 56 heavy (non-hydrogen) atoms. The van der Waals surface area contributed by atoms with E-state index in [0.717, 1.165) is 0 Å². The van der Waals surface area contributed by atoms with E-state index < -0.39 is 91.2 Å². The maximum atomic E-state index is 12.9. The number of carbonyl (C=O) groups excluding carboxylic acids is 8. The molecule has 4 atom stereocenters. The molecule has 23 nitrogen and oxygen atoms in total. The lowest BCUT2D eigenvalue weighted by atomic mass is 10.2. The lowest BCUT2D eigenvalue weighted by Gasteiger charge is -2.19. The number of ketones is 1. The summed E-state index contributed by atoms with van der Waals surface area (Å²) in [7, 11) is 1.61. The van der Waals surface area contributed by atoms with Gasteiger partial charge in [0.25, 0.3) is 0 Å². The van der Waals surface area contributed by atoms with Crippen LogP contribution in [-0.4, -0.2) is 137 Å². The molecule has 0 saturated carbocycles. The van der Waals surface area contributed by atoms with Gasteiger partial charge in [0.2, 0.25) is 24.5 Å². The maximum absolute atomic E-state index is 12.9. The molecular weight excluding hydrogens is 744 g/mol. The van der Waals surface area contributed by atoms with Gasteiger partial charge in [-0.15, -0.1) is 13.2 Å². The second-order valence-corrected chi connectivity index (χ2v) is 11.6. The highest BCUT2D eigenvalue weighted by atomic mass is 16.7. The van der Waals surface area contributed by atoms with Crippen molar-refractivity contribution in [3.05, 3.63) is 25.3 Å².